The minimum atomic E-state index is -3.08. The van der Waals surface area contributed by atoms with Gasteiger partial charge in [-0.25, -0.2) is 8.42 Å². The molecule has 14 heavy (non-hydrogen) atoms. The molecule has 0 spiro atoms. The first-order valence-corrected chi connectivity index (χ1v) is 5.78. The number of fused-ring (bicyclic) bond motifs is 1. The summed E-state index contributed by atoms with van der Waals surface area (Å²) in [5.74, 6) is -1.78. The maximum absolute atomic E-state index is 11.5. The third-order valence-corrected chi connectivity index (χ3v) is 3.70. The Morgan fingerprint density at radius 1 is 1.00 bits per heavy atom. The predicted octanol–water partition coefficient (Wildman–Crippen LogP) is -0.312. The van der Waals surface area contributed by atoms with Crippen molar-refractivity contribution in [3.05, 3.63) is 0 Å². The second-order valence-electron chi connectivity index (χ2n) is 3.72. The highest BCUT2D eigenvalue weighted by Gasteiger charge is 2.49. The van der Waals surface area contributed by atoms with E-state index in [1.807, 2.05) is 0 Å². The monoisotopic (exact) mass is 217 g/mol. The molecule has 0 radical (unpaired) electrons. The second-order valence-corrected chi connectivity index (χ2v) is 4.60. The zero-order chi connectivity index (χ0) is 10.3. The summed E-state index contributed by atoms with van der Waals surface area (Å²) in [6.45, 7) is 0. The molecule has 2 amide bonds. The van der Waals surface area contributed by atoms with Crippen LogP contribution in [0.5, 0.6) is 0 Å². The third-order valence-electron chi connectivity index (χ3n) is 2.98. The van der Waals surface area contributed by atoms with Crippen molar-refractivity contribution in [1.29, 1.82) is 0 Å². The van der Waals surface area contributed by atoms with E-state index in [4.69, 9.17) is 0 Å². The molecule has 5 nitrogen and oxygen atoms in total. The van der Waals surface area contributed by atoms with E-state index in [0.717, 1.165) is 12.8 Å². The highest BCUT2D eigenvalue weighted by Crippen LogP contribution is 2.37. The Hall–Kier alpha value is -0.910. The number of carbonyl (C=O) groups is 2. The molecule has 1 saturated carbocycles. The fourth-order valence-electron chi connectivity index (χ4n) is 2.31. The van der Waals surface area contributed by atoms with Gasteiger partial charge in [0.25, 0.3) is 0 Å². The minimum Gasteiger partial charge on any atom is -0.273 e. The van der Waals surface area contributed by atoms with Gasteiger partial charge in [-0.2, -0.15) is 4.31 Å². The van der Waals surface area contributed by atoms with Crippen LogP contribution in [0.4, 0.5) is 0 Å². The predicted molar refractivity (Wildman–Crippen MR) is 47.6 cm³/mol. The Balaban J connectivity index is 2.33. The van der Waals surface area contributed by atoms with Crippen LogP contribution >= 0.6 is 0 Å². The molecule has 0 N–H and O–H groups in total. The van der Waals surface area contributed by atoms with Crippen LogP contribution in [0.1, 0.15) is 25.7 Å². The van der Waals surface area contributed by atoms with Crippen LogP contribution < -0.4 is 0 Å². The van der Waals surface area contributed by atoms with Crippen molar-refractivity contribution < 1.29 is 18.0 Å². The molecule has 2 atom stereocenters. The van der Waals surface area contributed by atoms with Crippen molar-refractivity contribution in [1.82, 2.24) is 4.31 Å². The van der Waals surface area contributed by atoms with E-state index >= 15 is 0 Å². The molecular formula is C8H11NO4S. The summed E-state index contributed by atoms with van der Waals surface area (Å²) in [5.41, 5.74) is 0. The minimum absolute atomic E-state index is 0.371. The molecule has 0 aromatic heterocycles. The lowest BCUT2D eigenvalue weighted by Crippen LogP contribution is -2.29. The number of rotatable bonds is 1. The number of hydrogen-bond acceptors (Lipinski definition) is 4. The molecule has 1 heterocycles. The molecule has 0 aromatic carbocycles. The third kappa shape index (κ3) is 1.25. The maximum Gasteiger partial charge on any atom is 0.246 e. The van der Waals surface area contributed by atoms with E-state index in [2.05, 4.69) is 0 Å². The van der Waals surface area contributed by atoms with Gasteiger partial charge in [0, 0.05) is 0 Å². The number of imide groups is 1. The SMILES string of the molecule is O=C1C2CCCCC2C(=O)N1[SH](=O)=O. The lowest BCUT2D eigenvalue weighted by Gasteiger charge is -2.19. The van der Waals surface area contributed by atoms with Crippen molar-refractivity contribution in [2.45, 2.75) is 25.7 Å². The first kappa shape index (κ1) is 9.64. The molecule has 0 bridgehead atoms. The number of hydrogen-bond donors (Lipinski definition) is 1. The van der Waals surface area contributed by atoms with E-state index in [1.54, 1.807) is 0 Å². The Morgan fingerprint density at radius 2 is 1.43 bits per heavy atom. The molecule has 2 rings (SSSR count). The summed E-state index contributed by atoms with van der Waals surface area (Å²) in [4.78, 5) is 23.0. The van der Waals surface area contributed by atoms with E-state index in [1.165, 1.54) is 0 Å². The van der Waals surface area contributed by atoms with Crippen LogP contribution in [0.15, 0.2) is 0 Å². The molecule has 1 aliphatic heterocycles. The Kier molecular flexibility index (Phi) is 2.30. The van der Waals surface area contributed by atoms with Gasteiger partial charge >= 0.3 is 0 Å². The van der Waals surface area contributed by atoms with Gasteiger partial charge in [0.1, 0.15) is 0 Å². The molecule has 6 heteroatoms. The molecule has 2 unspecified atom stereocenters. The van der Waals surface area contributed by atoms with Gasteiger partial charge in [-0.15, -0.1) is 0 Å². The molecule has 1 saturated heterocycles. The average molecular weight is 217 g/mol. The van der Waals surface area contributed by atoms with Gasteiger partial charge in [-0.05, 0) is 12.8 Å². The summed E-state index contributed by atoms with van der Waals surface area (Å²) in [6.07, 6.45) is 3.11. The second kappa shape index (κ2) is 3.34. The average Bonchev–Trinajstić information content (AvgIpc) is 2.41. The van der Waals surface area contributed by atoms with Crippen LogP contribution in [0.2, 0.25) is 0 Å². The highest BCUT2D eigenvalue weighted by molar-refractivity contribution is 7.71. The quantitative estimate of drug-likeness (QED) is 0.483. The summed E-state index contributed by atoms with van der Waals surface area (Å²) < 4.78 is 21.8. The Morgan fingerprint density at radius 3 is 1.79 bits per heavy atom. The fraction of sp³-hybridized carbons (Fsp3) is 0.750. The van der Waals surface area contributed by atoms with Gasteiger partial charge in [-0.1, -0.05) is 12.8 Å². The van der Waals surface area contributed by atoms with E-state index in [-0.39, 0.29) is 11.8 Å². The van der Waals surface area contributed by atoms with Gasteiger partial charge in [0.05, 0.1) is 11.8 Å². The van der Waals surface area contributed by atoms with Gasteiger partial charge < -0.3 is 0 Å². The summed E-state index contributed by atoms with van der Waals surface area (Å²) in [7, 11) is -3.08. The molecular weight excluding hydrogens is 206 g/mol. The lowest BCUT2D eigenvalue weighted by atomic mass is 9.81. The number of nitrogens with zero attached hydrogens (tertiary/aromatic N) is 1. The van der Waals surface area contributed by atoms with Crippen LogP contribution in [0, 0.1) is 11.8 Å². The van der Waals surface area contributed by atoms with Crippen molar-refractivity contribution in [2.24, 2.45) is 11.8 Å². The van der Waals surface area contributed by atoms with Crippen LogP contribution in [0.25, 0.3) is 0 Å². The fourth-order valence-corrected chi connectivity index (χ4v) is 2.92. The maximum atomic E-state index is 11.5. The van der Waals surface area contributed by atoms with Crippen molar-refractivity contribution >= 4 is 22.7 Å². The van der Waals surface area contributed by atoms with E-state index in [0.29, 0.717) is 17.1 Å². The standard InChI is InChI=1S/C8H11NO4S/c10-7-5-3-1-2-4-6(5)8(11)9(7)14(12)13/h5-6,14H,1-4H2. The molecule has 2 aliphatic rings. The zero-order valence-corrected chi connectivity index (χ0v) is 8.40. The summed E-state index contributed by atoms with van der Waals surface area (Å²) in [5, 5.41) is 0. The number of amides is 2. The summed E-state index contributed by atoms with van der Waals surface area (Å²) >= 11 is 0. The molecule has 2 fully saturated rings. The normalized spacial score (nSPS) is 32.5. The number of carbonyl (C=O) groups excluding carboxylic acids is 2. The van der Waals surface area contributed by atoms with Crippen molar-refractivity contribution in [3.8, 4) is 0 Å². The van der Waals surface area contributed by atoms with E-state index < -0.39 is 22.7 Å². The molecule has 1 aliphatic carbocycles. The Labute approximate surface area is 83.2 Å². The van der Waals surface area contributed by atoms with Crippen LogP contribution in [0.3, 0.4) is 0 Å². The van der Waals surface area contributed by atoms with Gasteiger partial charge in [0.2, 0.25) is 22.7 Å². The highest BCUT2D eigenvalue weighted by atomic mass is 32.2. The molecule has 0 aromatic rings. The van der Waals surface area contributed by atoms with Crippen LogP contribution in [-0.4, -0.2) is 24.5 Å². The topological polar surface area (TPSA) is 71.5 Å². The smallest absolute Gasteiger partial charge is 0.246 e. The lowest BCUT2D eigenvalue weighted by molar-refractivity contribution is -0.133. The summed E-state index contributed by atoms with van der Waals surface area (Å²) in [6, 6.07) is 0. The first-order chi connectivity index (χ1) is 6.63. The zero-order valence-electron chi connectivity index (χ0n) is 7.51. The molecule has 78 valence electrons. The van der Waals surface area contributed by atoms with Gasteiger partial charge in [-0.3, -0.25) is 9.59 Å². The largest absolute Gasteiger partial charge is 0.273 e. The Bertz CT molecular complexity index is 330. The number of thiol groups is 1. The first-order valence-electron chi connectivity index (χ1n) is 4.65. The van der Waals surface area contributed by atoms with Gasteiger partial charge in [0.15, 0.2) is 0 Å². The van der Waals surface area contributed by atoms with Crippen LogP contribution in [-0.2, 0) is 20.5 Å². The van der Waals surface area contributed by atoms with Crippen molar-refractivity contribution in [2.75, 3.05) is 0 Å². The van der Waals surface area contributed by atoms with Crippen molar-refractivity contribution in [3.63, 3.8) is 0 Å². The van der Waals surface area contributed by atoms with E-state index in [9.17, 15) is 18.0 Å².